The van der Waals surface area contributed by atoms with Gasteiger partial charge in [0, 0.05) is 35.1 Å². The smallest absolute Gasteiger partial charge is 0.227 e. The van der Waals surface area contributed by atoms with Gasteiger partial charge in [-0.05, 0) is 44.5 Å². The highest BCUT2D eigenvalue weighted by atomic mass is 35.5. The summed E-state index contributed by atoms with van der Waals surface area (Å²) in [5.74, 6) is 1.62. The molecule has 1 unspecified atom stereocenters. The Morgan fingerprint density at radius 2 is 2.00 bits per heavy atom. The van der Waals surface area contributed by atoms with E-state index in [1.165, 1.54) is 0 Å². The number of aryl methyl sites for hydroxylation is 1. The largest absolute Gasteiger partial charge is 0.340 e. The number of hydrogen-bond acceptors (Lipinski definition) is 6. The highest BCUT2D eigenvalue weighted by molar-refractivity contribution is 7.91. The van der Waals surface area contributed by atoms with Gasteiger partial charge >= 0.3 is 0 Å². The normalized spacial score (nSPS) is 18.9. The van der Waals surface area contributed by atoms with Crippen LogP contribution in [0.25, 0.3) is 0 Å². The molecule has 1 aromatic heterocycles. The van der Waals surface area contributed by atoms with Crippen LogP contribution in [-0.2, 0) is 9.84 Å². The number of nitrogens with one attached hydrogen (secondary N) is 1. The van der Waals surface area contributed by atoms with E-state index in [1.807, 2.05) is 36.9 Å². The first-order chi connectivity index (χ1) is 11.9. The van der Waals surface area contributed by atoms with Crippen molar-refractivity contribution in [1.29, 1.82) is 0 Å². The van der Waals surface area contributed by atoms with Crippen molar-refractivity contribution < 1.29 is 8.42 Å². The summed E-state index contributed by atoms with van der Waals surface area (Å²) < 4.78 is 23.6. The Morgan fingerprint density at radius 1 is 1.28 bits per heavy atom. The summed E-state index contributed by atoms with van der Waals surface area (Å²) in [6.07, 6.45) is 0.618. The minimum absolute atomic E-state index is 0.0693. The van der Waals surface area contributed by atoms with E-state index in [0.29, 0.717) is 29.8 Å². The Bertz CT molecular complexity index is 855. The molecule has 1 atom stereocenters. The molecule has 0 bridgehead atoms. The second-order valence-electron chi connectivity index (χ2n) is 6.17. The first-order valence-electron chi connectivity index (χ1n) is 8.21. The molecule has 8 heteroatoms. The number of anilines is 3. The van der Waals surface area contributed by atoms with Crippen LogP contribution in [0.3, 0.4) is 0 Å². The number of rotatable bonds is 5. The minimum atomic E-state index is -2.96. The van der Waals surface area contributed by atoms with Crippen LogP contribution in [-0.4, -0.2) is 42.5 Å². The molecule has 1 aromatic carbocycles. The van der Waals surface area contributed by atoms with E-state index in [1.54, 1.807) is 12.1 Å². The van der Waals surface area contributed by atoms with E-state index in [-0.39, 0.29) is 17.5 Å². The minimum Gasteiger partial charge on any atom is -0.340 e. The van der Waals surface area contributed by atoms with Crippen LogP contribution in [0.4, 0.5) is 17.5 Å². The lowest BCUT2D eigenvalue weighted by molar-refractivity contribution is 0.599. The number of halogens is 1. The molecule has 1 N–H and O–H groups in total. The second-order valence-corrected chi connectivity index (χ2v) is 8.83. The van der Waals surface area contributed by atoms with Crippen molar-refractivity contribution in [1.82, 2.24) is 9.97 Å². The molecule has 1 fully saturated rings. The first-order valence-corrected chi connectivity index (χ1v) is 10.4. The summed E-state index contributed by atoms with van der Waals surface area (Å²) in [5, 5.41) is 3.91. The average molecular weight is 381 g/mol. The first kappa shape index (κ1) is 17.9. The molecular weight excluding hydrogens is 360 g/mol. The van der Waals surface area contributed by atoms with Crippen LogP contribution >= 0.6 is 11.6 Å². The van der Waals surface area contributed by atoms with E-state index < -0.39 is 9.84 Å². The number of aromatic nitrogens is 2. The topological polar surface area (TPSA) is 75.2 Å². The molecule has 0 amide bonds. The third-order valence-electron chi connectivity index (χ3n) is 4.21. The van der Waals surface area contributed by atoms with Crippen LogP contribution in [0.1, 0.15) is 19.0 Å². The van der Waals surface area contributed by atoms with Gasteiger partial charge in [0.2, 0.25) is 5.95 Å². The summed E-state index contributed by atoms with van der Waals surface area (Å²) in [6.45, 7) is 4.55. The van der Waals surface area contributed by atoms with E-state index in [2.05, 4.69) is 15.3 Å². The molecule has 25 heavy (non-hydrogen) atoms. The zero-order chi connectivity index (χ0) is 18.0. The molecule has 134 valence electrons. The van der Waals surface area contributed by atoms with Crippen LogP contribution in [0, 0.1) is 6.92 Å². The van der Waals surface area contributed by atoms with Gasteiger partial charge in [-0.3, -0.25) is 0 Å². The Balaban J connectivity index is 1.86. The molecule has 1 aliphatic rings. The van der Waals surface area contributed by atoms with Gasteiger partial charge in [-0.25, -0.2) is 13.4 Å². The zero-order valence-electron chi connectivity index (χ0n) is 14.2. The SMILES string of the molecule is CCN(c1nc(C)cc(Nc2ccc(Cl)cc2)n1)C1CCS(=O)(=O)C1. The monoisotopic (exact) mass is 380 g/mol. The van der Waals surface area contributed by atoms with Crippen LogP contribution in [0.15, 0.2) is 30.3 Å². The summed E-state index contributed by atoms with van der Waals surface area (Å²) in [6, 6.07) is 9.15. The van der Waals surface area contributed by atoms with Crippen molar-refractivity contribution >= 4 is 38.9 Å². The van der Waals surface area contributed by atoms with Gasteiger partial charge in [0.05, 0.1) is 11.5 Å². The molecule has 2 heterocycles. The van der Waals surface area contributed by atoms with Gasteiger partial charge in [-0.1, -0.05) is 11.6 Å². The maximum atomic E-state index is 11.8. The van der Waals surface area contributed by atoms with Crippen LogP contribution < -0.4 is 10.2 Å². The average Bonchev–Trinajstić information content (AvgIpc) is 2.90. The van der Waals surface area contributed by atoms with E-state index in [9.17, 15) is 8.42 Å². The van der Waals surface area contributed by atoms with Gasteiger partial charge in [0.25, 0.3) is 0 Å². The number of benzene rings is 1. The second kappa shape index (κ2) is 7.17. The van der Waals surface area contributed by atoms with Gasteiger partial charge in [-0.2, -0.15) is 4.98 Å². The van der Waals surface area contributed by atoms with Gasteiger partial charge in [0.15, 0.2) is 9.84 Å². The Morgan fingerprint density at radius 3 is 2.60 bits per heavy atom. The molecule has 1 aliphatic heterocycles. The number of nitrogens with zero attached hydrogens (tertiary/aromatic N) is 3. The molecule has 6 nitrogen and oxygen atoms in total. The molecule has 0 saturated carbocycles. The fourth-order valence-corrected chi connectivity index (χ4v) is 4.87. The standard InChI is InChI=1S/C17H21ClN4O2S/c1-3-22(15-8-9-25(23,24)11-15)17-19-12(2)10-16(21-17)20-14-6-4-13(18)5-7-14/h4-7,10,15H,3,8-9,11H2,1-2H3,(H,19,20,21). The number of sulfone groups is 1. The third kappa shape index (κ3) is 4.41. The molecule has 2 aromatic rings. The van der Waals surface area contributed by atoms with Gasteiger partial charge < -0.3 is 10.2 Å². The molecular formula is C17H21ClN4O2S. The van der Waals surface area contributed by atoms with E-state index in [4.69, 9.17) is 11.6 Å². The van der Waals surface area contributed by atoms with E-state index >= 15 is 0 Å². The maximum absolute atomic E-state index is 11.8. The predicted octanol–water partition coefficient (Wildman–Crippen LogP) is 3.20. The Kier molecular flexibility index (Phi) is 5.15. The van der Waals surface area contributed by atoms with Crippen molar-refractivity contribution in [3.8, 4) is 0 Å². The number of hydrogen-bond donors (Lipinski definition) is 1. The van der Waals surface area contributed by atoms with Gasteiger partial charge in [0.1, 0.15) is 5.82 Å². The fraction of sp³-hybridized carbons (Fsp3) is 0.412. The molecule has 3 rings (SSSR count). The Hall–Kier alpha value is -1.86. The summed E-state index contributed by atoms with van der Waals surface area (Å²) in [4.78, 5) is 11.1. The summed E-state index contributed by atoms with van der Waals surface area (Å²) >= 11 is 5.91. The van der Waals surface area contributed by atoms with Crippen molar-refractivity contribution in [2.24, 2.45) is 0 Å². The third-order valence-corrected chi connectivity index (χ3v) is 6.21. The molecule has 0 radical (unpaired) electrons. The fourth-order valence-electron chi connectivity index (χ4n) is 3.01. The van der Waals surface area contributed by atoms with Crippen molar-refractivity contribution in [3.05, 3.63) is 41.0 Å². The highest BCUT2D eigenvalue weighted by Crippen LogP contribution is 2.24. The zero-order valence-corrected chi connectivity index (χ0v) is 15.8. The summed E-state index contributed by atoms with van der Waals surface area (Å²) in [7, 11) is -2.96. The van der Waals surface area contributed by atoms with E-state index in [0.717, 1.165) is 11.4 Å². The highest BCUT2D eigenvalue weighted by Gasteiger charge is 2.33. The van der Waals surface area contributed by atoms with Crippen molar-refractivity contribution in [2.45, 2.75) is 26.3 Å². The van der Waals surface area contributed by atoms with Crippen molar-refractivity contribution in [2.75, 3.05) is 28.3 Å². The lowest BCUT2D eigenvalue weighted by Gasteiger charge is -2.27. The van der Waals surface area contributed by atoms with Crippen LogP contribution in [0.5, 0.6) is 0 Å². The lowest BCUT2D eigenvalue weighted by Crippen LogP contribution is -2.37. The quantitative estimate of drug-likeness (QED) is 0.858. The van der Waals surface area contributed by atoms with Crippen LogP contribution in [0.2, 0.25) is 5.02 Å². The van der Waals surface area contributed by atoms with Crippen molar-refractivity contribution in [3.63, 3.8) is 0 Å². The van der Waals surface area contributed by atoms with Gasteiger partial charge in [-0.15, -0.1) is 0 Å². The molecule has 1 saturated heterocycles. The maximum Gasteiger partial charge on any atom is 0.227 e. The molecule has 0 aliphatic carbocycles. The lowest BCUT2D eigenvalue weighted by atomic mass is 10.2. The Labute approximate surface area is 153 Å². The molecule has 0 spiro atoms. The summed E-state index contributed by atoms with van der Waals surface area (Å²) in [5.41, 5.74) is 1.70. The predicted molar refractivity (Wildman–Crippen MR) is 102 cm³/mol.